The van der Waals surface area contributed by atoms with E-state index in [0.717, 1.165) is 12.8 Å². The van der Waals surface area contributed by atoms with Gasteiger partial charge >= 0.3 is 133 Å². The van der Waals surface area contributed by atoms with Crippen molar-refractivity contribution in [3.8, 4) is 0 Å². The molecule has 0 aliphatic rings. The van der Waals surface area contributed by atoms with E-state index >= 15 is 0 Å². The molecule has 0 aliphatic heterocycles. The van der Waals surface area contributed by atoms with Crippen LogP contribution >= 0.6 is 0 Å². The van der Waals surface area contributed by atoms with E-state index in [9.17, 15) is 0 Å². The average molecular weight is 404 g/mol. The molecule has 0 aromatic carbocycles. The SMILES string of the molecule is c1[se]nnc1CCCCCCCCCCc1c[se]nn1. The maximum atomic E-state index is 4.13. The van der Waals surface area contributed by atoms with Crippen molar-refractivity contribution in [2.75, 3.05) is 0 Å². The van der Waals surface area contributed by atoms with Crippen LogP contribution in [0.5, 0.6) is 0 Å². The van der Waals surface area contributed by atoms with Crippen LogP contribution in [0.1, 0.15) is 62.8 Å². The first-order valence-corrected chi connectivity index (χ1v) is 11.0. The van der Waals surface area contributed by atoms with Crippen LogP contribution in [0.25, 0.3) is 0 Å². The van der Waals surface area contributed by atoms with Crippen molar-refractivity contribution in [1.29, 1.82) is 0 Å². The van der Waals surface area contributed by atoms with E-state index in [4.69, 9.17) is 0 Å². The number of hydrogen-bond donors (Lipinski definition) is 0. The van der Waals surface area contributed by atoms with Crippen molar-refractivity contribution >= 4 is 29.5 Å². The molecule has 20 heavy (non-hydrogen) atoms. The van der Waals surface area contributed by atoms with Gasteiger partial charge in [-0.2, -0.15) is 0 Å². The molecule has 0 atom stereocenters. The van der Waals surface area contributed by atoms with E-state index in [-0.39, 0.29) is 0 Å². The van der Waals surface area contributed by atoms with E-state index < -0.39 is 0 Å². The van der Waals surface area contributed by atoms with Crippen LogP contribution < -0.4 is 0 Å². The van der Waals surface area contributed by atoms with Crippen LogP contribution in [0.15, 0.2) is 9.88 Å². The van der Waals surface area contributed by atoms with Crippen molar-refractivity contribution in [2.45, 2.75) is 64.2 Å². The summed E-state index contributed by atoms with van der Waals surface area (Å²) in [5.41, 5.74) is 2.45. The zero-order chi connectivity index (χ0) is 13.9. The fourth-order valence-electron chi connectivity index (χ4n) is 2.26. The Balaban J connectivity index is 1.33. The minimum atomic E-state index is 0.312. The van der Waals surface area contributed by atoms with Crippen LogP contribution in [0.3, 0.4) is 0 Å². The molecule has 0 saturated carbocycles. The van der Waals surface area contributed by atoms with Gasteiger partial charge in [-0.25, -0.2) is 0 Å². The van der Waals surface area contributed by atoms with E-state index in [0.29, 0.717) is 29.5 Å². The molecule has 2 aromatic rings. The molecular weight excluding hydrogens is 382 g/mol. The predicted octanol–water partition coefficient (Wildman–Crippen LogP) is 2.29. The van der Waals surface area contributed by atoms with E-state index in [2.05, 4.69) is 28.3 Å². The monoisotopic (exact) mass is 406 g/mol. The van der Waals surface area contributed by atoms with E-state index in [1.807, 2.05) is 0 Å². The van der Waals surface area contributed by atoms with Crippen LogP contribution in [-0.2, 0) is 12.8 Å². The van der Waals surface area contributed by atoms with Gasteiger partial charge in [0.2, 0.25) is 0 Å². The van der Waals surface area contributed by atoms with E-state index in [1.54, 1.807) is 0 Å². The Morgan fingerprint density at radius 1 is 0.600 bits per heavy atom. The molecule has 2 heterocycles. The number of hydrogen-bond acceptors (Lipinski definition) is 4. The second-order valence-corrected chi connectivity index (χ2v) is 7.68. The van der Waals surface area contributed by atoms with Gasteiger partial charge in [0.15, 0.2) is 0 Å². The fourth-order valence-corrected chi connectivity index (χ4v) is 4.30. The molecule has 2 aromatic heterocycles. The molecule has 0 spiro atoms. The van der Waals surface area contributed by atoms with Crippen LogP contribution in [-0.4, -0.2) is 47.9 Å². The van der Waals surface area contributed by atoms with Gasteiger partial charge < -0.3 is 0 Å². The third-order valence-electron chi connectivity index (χ3n) is 3.43. The summed E-state index contributed by atoms with van der Waals surface area (Å²) in [4.78, 5) is 4.40. The average Bonchev–Trinajstić information content (AvgIpc) is 3.14. The molecule has 0 radical (unpaired) electrons. The van der Waals surface area contributed by atoms with Gasteiger partial charge in [-0.05, 0) is 0 Å². The summed E-state index contributed by atoms with van der Waals surface area (Å²) in [6, 6.07) is 0. The predicted molar refractivity (Wildman–Crippen MR) is 82.3 cm³/mol. The van der Waals surface area contributed by atoms with Crippen molar-refractivity contribution in [3.63, 3.8) is 0 Å². The molecule has 0 amide bonds. The molecule has 6 heteroatoms. The van der Waals surface area contributed by atoms with Gasteiger partial charge in [-0.1, -0.05) is 0 Å². The molecule has 0 fully saturated rings. The number of unbranched alkanes of at least 4 members (excludes halogenated alkanes) is 7. The normalized spacial score (nSPS) is 11.0. The van der Waals surface area contributed by atoms with Crippen molar-refractivity contribution in [1.82, 2.24) is 18.4 Å². The molecule has 0 unspecified atom stereocenters. The number of nitrogens with zero attached hydrogens (tertiary/aromatic N) is 4. The fraction of sp³-hybridized carbons (Fsp3) is 0.714. The number of aryl methyl sites for hydroxylation is 2. The minimum absolute atomic E-state index is 0.312. The van der Waals surface area contributed by atoms with Gasteiger partial charge in [-0.15, -0.1) is 0 Å². The maximum absolute atomic E-state index is 4.13. The quantitative estimate of drug-likeness (QED) is 0.426. The van der Waals surface area contributed by atoms with Crippen molar-refractivity contribution < 1.29 is 0 Å². The summed E-state index contributed by atoms with van der Waals surface area (Å²) in [6.07, 6.45) is 13.0. The zero-order valence-electron chi connectivity index (χ0n) is 11.8. The van der Waals surface area contributed by atoms with Gasteiger partial charge in [-0.3, -0.25) is 0 Å². The molecule has 110 valence electrons. The number of rotatable bonds is 11. The Kier molecular flexibility index (Phi) is 8.41. The Morgan fingerprint density at radius 3 is 1.35 bits per heavy atom. The van der Waals surface area contributed by atoms with Gasteiger partial charge in [0.25, 0.3) is 0 Å². The summed E-state index contributed by atoms with van der Waals surface area (Å²) in [5.74, 6) is 0. The summed E-state index contributed by atoms with van der Waals surface area (Å²) >= 11 is 0.623. The Hall–Kier alpha value is -0.281. The summed E-state index contributed by atoms with van der Waals surface area (Å²) in [7, 11) is 0. The van der Waals surface area contributed by atoms with Gasteiger partial charge in [0.05, 0.1) is 0 Å². The molecule has 0 saturated heterocycles. The molecule has 4 nitrogen and oxygen atoms in total. The molecule has 0 bridgehead atoms. The third kappa shape index (κ3) is 6.94. The first-order chi connectivity index (χ1) is 9.95. The zero-order valence-corrected chi connectivity index (χ0v) is 15.3. The third-order valence-corrected chi connectivity index (χ3v) is 5.75. The molecule has 0 N–H and O–H groups in total. The van der Waals surface area contributed by atoms with Crippen molar-refractivity contribution in [3.05, 3.63) is 21.3 Å². The molecule has 2 rings (SSSR count). The van der Waals surface area contributed by atoms with E-state index in [1.165, 1.54) is 62.8 Å². The first kappa shape index (κ1) is 16.1. The molecular formula is C14H22N4Se2. The summed E-state index contributed by atoms with van der Waals surface area (Å²) < 4.78 is 8.06. The van der Waals surface area contributed by atoms with Crippen molar-refractivity contribution in [2.24, 2.45) is 0 Å². The van der Waals surface area contributed by atoms with Crippen LogP contribution in [0.4, 0.5) is 0 Å². The Bertz CT molecular complexity index is 386. The van der Waals surface area contributed by atoms with Gasteiger partial charge in [0, 0.05) is 0 Å². The Labute approximate surface area is 133 Å². The topological polar surface area (TPSA) is 51.6 Å². The first-order valence-electron chi connectivity index (χ1n) is 7.47. The summed E-state index contributed by atoms with van der Waals surface area (Å²) in [5, 5.41) is 8.26. The second-order valence-electron chi connectivity index (χ2n) is 5.12. The van der Waals surface area contributed by atoms with Crippen LogP contribution in [0, 0.1) is 0 Å². The van der Waals surface area contributed by atoms with Crippen LogP contribution in [0.2, 0.25) is 0 Å². The standard InChI is InChI=1S/C14H22N4Se2/c1(3-5-7-9-13-11-19-17-15-13)2-4-6-8-10-14-12-20-18-16-14/h11-12H,1-10H2. The summed E-state index contributed by atoms with van der Waals surface area (Å²) in [6.45, 7) is 0. The number of aromatic nitrogens is 4. The molecule has 0 aliphatic carbocycles. The Morgan fingerprint density at radius 2 is 1.00 bits per heavy atom. The van der Waals surface area contributed by atoms with Gasteiger partial charge in [0.1, 0.15) is 0 Å². The second kappa shape index (κ2) is 10.4.